The summed E-state index contributed by atoms with van der Waals surface area (Å²) in [5.74, 6) is 1.11. The minimum Gasteiger partial charge on any atom is -0.342 e. The molecule has 1 aromatic heterocycles. The average molecular weight is 308 g/mol. The summed E-state index contributed by atoms with van der Waals surface area (Å²) in [6, 6.07) is 6.86. The highest BCUT2D eigenvalue weighted by Crippen LogP contribution is 2.19. The molecule has 1 saturated heterocycles. The van der Waals surface area contributed by atoms with Crippen LogP contribution in [0.4, 0.5) is 0 Å². The highest BCUT2D eigenvalue weighted by molar-refractivity contribution is 9.10. The molecule has 2 N–H and O–H groups in total. The summed E-state index contributed by atoms with van der Waals surface area (Å²) in [5.41, 5.74) is 2.18. The van der Waals surface area contributed by atoms with E-state index in [1.807, 2.05) is 6.07 Å². The van der Waals surface area contributed by atoms with Gasteiger partial charge in [0.25, 0.3) is 0 Å². The zero-order valence-electron chi connectivity index (χ0n) is 10.4. The first-order chi connectivity index (χ1) is 8.81. The fraction of sp³-hybridized carbons (Fsp3) is 0.500. The fourth-order valence-electron chi connectivity index (χ4n) is 2.63. The summed E-state index contributed by atoms with van der Waals surface area (Å²) < 4.78 is 1.10. The van der Waals surface area contributed by atoms with E-state index in [0.29, 0.717) is 6.04 Å². The lowest BCUT2D eigenvalue weighted by molar-refractivity contribution is 0.381. The van der Waals surface area contributed by atoms with Gasteiger partial charge in [0.1, 0.15) is 5.82 Å². The predicted molar refractivity (Wildman–Crippen MR) is 77.8 cm³/mol. The molecule has 1 unspecified atom stereocenters. The standard InChI is InChI=1S/C14H18BrN3/c15-10-4-6-12-13(9-10)18-14(17-12)7-5-11-3-1-2-8-16-11/h4,6,9,11,16H,1-3,5,7-8H2,(H,17,18). The number of aromatic amines is 1. The van der Waals surface area contributed by atoms with E-state index in [0.717, 1.165) is 27.8 Å². The van der Waals surface area contributed by atoms with E-state index in [2.05, 4.69) is 43.3 Å². The molecule has 1 fully saturated rings. The molecule has 4 heteroatoms. The predicted octanol–water partition coefficient (Wildman–Crippen LogP) is 3.40. The van der Waals surface area contributed by atoms with Gasteiger partial charge in [-0.25, -0.2) is 4.98 Å². The lowest BCUT2D eigenvalue weighted by atomic mass is 10.0. The minimum atomic E-state index is 0.679. The average Bonchev–Trinajstić information content (AvgIpc) is 2.79. The topological polar surface area (TPSA) is 40.7 Å². The molecule has 0 aliphatic carbocycles. The van der Waals surface area contributed by atoms with Gasteiger partial charge < -0.3 is 10.3 Å². The van der Waals surface area contributed by atoms with Crippen LogP contribution in [0.2, 0.25) is 0 Å². The number of aromatic nitrogens is 2. The maximum absolute atomic E-state index is 4.63. The van der Waals surface area contributed by atoms with E-state index in [9.17, 15) is 0 Å². The number of fused-ring (bicyclic) bond motifs is 1. The van der Waals surface area contributed by atoms with Gasteiger partial charge in [0.05, 0.1) is 11.0 Å². The molecule has 0 bridgehead atoms. The Balaban J connectivity index is 1.67. The zero-order valence-corrected chi connectivity index (χ0v) is 12.0. The second-order valence-electron chi connectivity index (χ2n) is 5.03. The van der Waals surface area contributed by atoms with Crippen LogP contribution in [0.3, 0.4) is 0 Å². The van der Waals surface area contributed by atoms with Gasteiger partial charge in [0.15, 0.2) is 0 Å². The first-order valence-electron chi connectivity index (χ1n) is 6.69. The molecule has 0 amide bonds. The van der Waals surface area contributed by atoms with Crippen molar-refractivity contribution in [2.24, 2.45) is 0 Å². The summed E-state index contributed by atoms with van der Waals surface area (Å²) >= 11 is 3.49. The quantitative estimate of drug-likeness (QED) is 0.912. The number of imidazole rings is 1. The van der Waals surface area contributed by atoms with Gasteiger partial charge in [0, 0.05) is 16.9 Å². The SMILES string of the molecule is Brc1ccc2nc(CCC3CCCCN3)[nH]c2c1. The first kappa shape index (κ1) is 12.2. The normalized spacial score (nSPS) is 20.4. The third-order valence-electron chi connectivity index (χ3n) is 3.63. The number of nitrogens with zero attached hydrogens (tertiary/aromatic N) is 1. The highest BCUT2D eigenvalue weighted by Gasteiger charge is 2.13. The van der Waals surface area contributed by atoms with Crippen molar-refractivity contribution in [1.82, 2.24) is 15.3 Å². The van der Waals surface area contributed by atoms with Crippen LogP contribution >= 0.6 is 15.9 Å². The highest BCUT2D eigenvalue weighted by atomic mass is 79.9. The van der Waals surface area contributed by atoms with Gasteiger partial charge in [-0.2, -0.15) is 0 Å². The molecular weight excluding hydrogens is 290 g/mol. The molecular formula is C14H18BrN3. The third-order valence-corrected chi connectivity index (χ3v) is 4.13. The number of benzene rings is 1. The first-order valence-corrected chi connectivity index (χ1v) is 7.48. The summed E-state index contributed by atoms with van der Waals surface area (Å²) in [4.78, 5) is 8.04. The molecule has 1 aromatic carbocycles. The van der Waals surface area contributed by atoms with Crippen LogP contribution in [-0.4, -0.2) is 22.6 Å². The van der Waals surface area contributed by atoms with Crippen molar-refractivity contribution in [1.29, 1.82) is 0 Å². The molecule has 3 rings (SSSR count). The van der Waals surface area contributed by atoms with E-state index in [1.165, 1.54) is 32.2 Å². The van der Waals surface area contributed by atoms with Gasteiger partial charge in [-0.15, -0.1) is 0 Å². The maximum Gasteiger partial charge on any atom is 0.107 e. The molecule has 0 saturated carbocycles. The number of aryl methyl sites for hydroxylation is 1. The van der Waals surface area contributed by atoms with Gasteiger partial charge in [-0.05, 0) is 44.0 Å². The molecule has 0 spiro atoms. The largest absolute Gasteiger partial charge is 0.342 e. The van der Waals surface area contributed by atoms with E-state index in [1.54, 1.807) is 0 Å². The van der Waals surface area contributed by atoms with Crippen molar-refractivity contribution in [2.45, 2.75) is 38.1 Å². The van der Waals surface area contributed by atoms with Crippen molar-refractivity contribution in [2.75, 3.05) is 6.54 Å². The number of rotatable bonds is 3. The van der Waals surface area contributed by atoms with Gasteiger partial charge >= 0.3 is 0 Å². The van der Waals surface area contributed by atoms with Crippen molar-refractivity contribution >= 4 is 27.0 Å². The molecule has 1 atom stereocenters. The molecule has 3 nitrogen and oxygen atoms in total. The maximum atomic E-state index is 4.63. The Hall–Kier alpha value is -0.870. The van der Waals surface area contributed by atoms with Crippen LogP contribution in [0, 0.1) is 0 Å². The zero-order chi connectivity index (χ0) is 12.4. The molecule has 1 aliphatic rings. The molecule has 2 heterocycles. The second kappa shape index (κ2) is 5.41. The number of nitrogens with one attached hydrogen (secondary N) is 2. The van der Waals surface area contributed by atoms with Crippen LogP contribution in [0.25, 0.3) is 11.0 Å². The van der Waals surface area contributed by atoms with E-state index in [4.69, 9.17) is 0 Å². The Morgan fingerprint density at radius 3 is 3.11 bits per heavy atom. The van der Waals surface area contributed by atoms with E-state index < -0.39 is 0 Å². The van der Waals surface area contributed by atoms with Crippen LogP contribution in [-0.2, 0) is 6.42 Å². The summed E-state index contributed by atoms with van der Waals surface area (Å²) in [6.07, 6.45) is 6.22. The van der Waals surface area contributed by atoms with Crippen molar-refractivity contribution in [3.63, 3.8) is 0 Å². The number of hydrogen-bond donors (Lipinski definition) is 2. The number of H-pyrrole nitrogens is 1. The smallest absolute Gasteiger partial charge is 0.107 e. The summed E-state index contributed by atoms with van der Waals surface area (Å²) in [6.45, 7) is 1.18. The van der Waals surface area contributed by atoms with Crippen LogP contribution in [0.15, 0.2) is 22.7 Å². The fourth-order valence-corrected chi connectivity index (χ4v) is 3.00. The van der Waals surface area contributed by atoms with Crippen molar-refractivity contribution in [3.8, 4) is 0 Å². The molecule has 18 heavy (non-hydrogen) atoms. The molecule has 1 aliphatic heterocycles. The van der Waals surface area contributed by atoms with Crippen molar-refractivity contribution < 1.29 is 0 Å². The molecule has 2 aromatic rings. The summed E-state index contributed by atoms with van der Waals surface area (Å²) in [7, 11) is 0. The monoisotopic (exact) mass is 307 g/mol. The van der Waals surface area contributed by atoms with Crippen LogP contribution in [0.5, 0.6) is 0 Å². The minimum absolute atomic E-state index is 0.679. The van der Waals surface area contributed by atoms with Gasteiger partial charge in [0.2, 0.25) is 0 Å². The van der Waals surface area contributed by atoms with Crippen molar-refractivity contribution in [3.05, 3.63) is 28.5 Å². The van der Waals surface area contributed by atoms with E-state index in [-0.39, 0.29) is 0 Å². The van der Waals surface area contributed by atoms with Gasteiger partial charge in [-0.3, -0.25) is 0 Å². The number of halogens is 1. The van der Waals surface area contributed by atoms with Crippen LogP contribution < -0.4 is 5.32 Å². The Morgan fingerprint density at radius 1 is 1.33 bits per heavy atom. The van der Waals surface area contributed by atoms with E-state index >= 15 is 0 Å². The van der Waals surface area contributed by atoms with Crippen LogP contribution in [0.1, 0.15) is 31.5 Å². The Bertz CT molecular complexity index is 529. The Labute approximate surface area is 116 Å². The lowest BCUT2D eigenvalue weighted by Crippen LogP contribution is -2.34. The number of piperidine rings is 1. The lowest BCUT2D eigenvalue weighted by Gasteiger charge is -2.22. The second-order valence-corrected chi connectivity index (χ2v) is 5.95. The molecule has 96 valence electrons. The molecule has 0 radical (unpaired) electrons. The van der Waals surface area contributed by atoms with Gasteiger partial charge in [-0.1, -0.05) is 22.4 Å². The Kier molecular flexibility index (Phi) is 3.66. The number of hydrogen-bond acceptors (Lipinski definition) is 2. The Morgan fingerprint density at radius 2 is 2.28 bits per heavy atom. The summed E-state index contributed by atoms with van der Waals surface area (Å²) in [5, 5.41) is 3.58. The third kappa shape index (κ3) is 2.75.